The summed E-state index contributed by atoms with van der Waals surface area (Å²) in [6, 6.07) is 26.9. The van der Waals surface area contributed by atoms with Crippen molar-refractivity contribution in [2.24, 2.45) is 25.6 Å². The molecular formula is C48H40CuF2N16O8S2. The molecule has 0 saturated heterocycles. The van der Waals surface area contributed by atoms with Crippen molar-refractivity contribution in [3.63, 3.8) is 0 Å². The minimum Gasteiger partial charge on any atom is -0.571 e. The Bertz CT molecular complexity index is 3870. The van der Waals surface area contributed by atoms with Crippen LogP contribution in [-0.4, -0.2) is 85.7 Å². The van der Waals surface area contributed by atoms with Crippen LogP contribution >= 0.6 is 0 Å². The number of phenols is 1. The van der Waals surface area contributed by atoms with Gasteiger partial charge in [0.05, 0.1) is 28.2 Å². The van der Waals surface area contributed by atoms with E-state index in [9.17, 15) is 44.6 Å². The van der Waals surface area contributed by atoms with Gasteiger partial charge in [0, 0.05) is 29.2 Å². The van der Waals surface area contributed by atoms with E-state index < -0.39 is 66.4 Å². The van der Waals surface area contributed by atoms with E-state index in [4.69, 9.17) is 0 Å². The number of amidine groups is 1. The van der Waals surface area contributed by atoms with Crippen LogP contribution in [0.4, 0.5) is 66.7 Å². The number of carbonyl (C=O) groups excluding carboxylic acids is 1. The summed E-state index contributed by atoms with van der Waals surface area (Å²) in [6.07, 6.45) is -0.652. The van der Waals surface area contributed by atoms with Crippen molar-refractivity contribution in [1.82, 2.24) is 29.9 Å². The van der Waals surface area contributed by atoms with Crippen molar-refractivity contribution in [3.05, 3.63) is 155 Å². The maximum absolute atomic E-state index is 14.9. The second-order valence-electron chi connectivity index (χ2n) is 16.5. The van der Waals surface area contributed by atoms with E-state index in [-0.39, 0.29) is 63.4 Å². The average Bonchev–Trinajstić information content (AvgIpc) is 3.37. The number of nitrogens with one attached hydrogen (secondary N) is 4. The minimum atomic E-state index is -4.96. The summed E-state index contributed by atoms with van der Waals surface area (Å²) in [5.41, 5.74) is 7.03. The number of anilines is 6. The number of aromatic nitrogens is 6. The number of halogens is 2. The Balaban J connectivity index is 0.00000861. The molecule has 397 valence electrons. The third-order valence-electron chi connectivity index (χ3n) is 10.6. The predicted octanol–water partition coefficient (Wildman–Crippen LogP) is 10.0. The molecule has 0 saturated carbocycles. The Morgan fingerprint density at radius 1 is 0.701 bits per heavy atom. The fourth-order valence-electron chi connectivity index (χ4n) is 7.10. The maximum atomic E-state index is 14.9. The second-order valence-corrected chi connectivity index (χ2v) is 19.4. The molecule has 0 fully saturated rings. The summed E-state index contributed by atoms with van der Waals surface area (Å²) < 4.78 is 98.4. The quantitative estimate of drug-likeness (QED) is 0.00613. The molecule has 0 aliphatic heterocycles. The molecule has 0 spiro atoms. The Morgan fingerprint density at radius 3 is 2.05 bits per heavy atom. The minimum absolute atomic E-state index is 0. The summed E-state index contributed by atoms with van der Waals surface area (Å²) in [5, 5.41) is 44.1. The predicted molar refractivity (Wildman–Crippen MR) is 276 cm³/mol. The van der Waals surface area contributed by atoms with Gasteiger partial charge in [-0.2, -0.15) is 71.8 Å². The zero-order valence-corrected chi connectivity index (χ0v) is 42.9. The Hall–Kier alpha value is -8.86. The number of fused-ring (bicyclic) bond motifs is 1. The molecule has 24 nitrogen and oxygen atoms in total. The number of nitrogens with zero attached hydrogens (tertiary/aromatic N) is 12. The molecule has 0 bridgehead atoms. The molecular weight excluding hydrogens is 1090 g/mol. The molecule has 77 heavy (non-hydrogen) atoms. The first-order valence-corrected chi connectivity index (χ1v) is 25.1. The van der Waals surface area contributed by atoms with Gasteiger partial charge in [0.2, 0.25) is 23.8 Å². The SMILES string of the molecule is Cc1ccc([C-]=O)c(N=N/C(=N\[N-]c2cc(S(=O)(=O)O)cc(Nc3nc(F)nc(NC(C)CNc4nc(F)nc(Nc5ccc(N=Nc6cc(C)c7cc(C)cc(S(=O)(=O)O)c7c6)cc5)n4)n3)c2O)c2ccccc2)c1.[Cu+2]. The first-order chi connectivity index (χ1) is 36.2. The van der Waals surface area contributed by atoms with Crippen molar-refractivity contribution in [2.45, 2.75) is 43.5 Å². The second kappa shape index (κ2) is 23.8. The average molecular weight is 1130 g/mol. The molecule has 6 aromatic carbocycles. The van der Waals surface area contributed by atoms with Crippen molar-refractivity contribution in [3.8, 4) is 5.75 Å². The third kappa shape index (κ3) is 14.5. The van der Waals surface area contributed by atoms with Gasteiger partial charge in [-0.3, -0.25) is 9.11 Å². The zero-order valence-electron chi connectivity index (χ0n) is 40.3. The summed E-state index contributed by atoms with van der Waals surface area (Å²) >= 11 is 0. The van der Waals surface area contributed by atoms with Crippen LogP contribution in [0.2, 0.25) is 0 Å². The van der Waals surface area contributed by atoms with E-state index in [1.54, 1.807) is 107 Å². The van der Waals surface area contributed by atoms with Gasteiger partial charge in [-0.15, -0.1) is 16.7 Å². The van der Waals surface area contributed by atoms with Crippen LogP contribution < -0.4 is 21.3 Å². The summed E-state index contributed by atoms with van der Waals surface area (Å²) in [6.45, 7) is 6.88. The number of azo groups is 2. The molecule has 0 amide bonds. The zero-order chi connectivity index (χ0) is 54.3. The fourth-order valence-corrected chi connectivity index (χ4v) is 8.41. The number of aryl methyl sites for hydroxylation is 3. The molecule has 2 aromatic heterocycles. The molecule has 29 heteroatoms. The summed E-state index contributed by atoms with van der Waals surface area (Å²) in [5.74, 6) is -2.12. The van der Waals surface area contributed by atoms with Crippen LogP contribution in [-0.2, 0) is 42.1 Å². The summed E-state index contributed by atoms with van der Waals surface area (Å²) in [7, 11) is -9.48. The van der Waals surface area contributed by atoms with Gasteiger partial charge < -0.3 is 41.7 Å². The monoisotopic (exact) mass is 1130 g/mol. The molecule has 0 aliphatic rings. The van der Waals surface area contributed by atoms with E-state index in [1.165, 1.54) is 18.2 Å². The first-order valence-electron chi connectivity index (χ1n) is 22.2. The van der Waals surface area contributed by atoms with Crippen LogP contribution in [0.15, 0.2) is 145 Å². The van der Waals surface area contributed by atoms with Crippen LogP contribution in [0, 0.1) is 32.9 Å². The van der Waals surface area contributed by atoms with Crippen LogP contribution in [0.25, 0.3) is 16.2 Å². The fraction of sp³-hybridized carbons (Fsp3) is 0.125. The Labute approximate surface area is 447 Å². The normalized spacial score (nSPS) is 12.3. The van der Waals surface area contributed by atoms with Crippen molar-refractivity contribution >= 4 is 101 Å². The van der Waals surface area contributed by atoms with Gasteiger partial charge in [-0.05, 0) is 98.4 Å². The van der Waals surface area contributed by atoms with Gasteiger partial charge in [-0.25, -0.2) is 5.11 Å². The number of phenolic OH excluding ortho intramolecular Hbond substituents is 1. The molecule has 8 rings (SSSR count). The number of hydrogen-bond donors (Lipinski definition) is 7. The van der Waals surface area contributed by atoms with Crippen LogP contribution in [0.3, 0.4) is 0 Å². The number of aromatic hydroxyl groups is 1. The molecule has 8 aromatic rings. The summed E-state index contributed by atoms with van der Waals surface area (Å²) in [4.78, 5) is 33.4. The number of rotatable bonds is 18. The largest absolute Gasteiger partial charge is 2.00 e. The number of hydrogen-bond acceptors (Lipinski definition) is 20. The topological polar surface area (TPSA) is 347 Å². The molecule has 0 aliphatic carbocycles. The molecule has 1 radical (unpaired) electrons. The molecule has 1 atom stereocenters. The Kier molecular flexibility index (Phi) is 17.3. The van der Waals surface area contributed by atoms with E-state index in [1.807, 2.05) is 6.07 Å². The van der Waals surface area contributed by atoms with E-state index in [2.05, 4.69) is 82.2 Å². The van der Waals surface area contributed by atoms with Gasteiger partial charge in [-0.1, -0.05) is 59.8 Å². The standard InChI is InChI=1S/C48H40F2N16O8S2.Cu/c1-25-10-11-30(24-67)37(17-25)63-65-42(29-8-6-5-7-9-29)66-64-39-22-34(75(69,70)71)21-38(41(39)68)54-48-58-44(50)56-46(60-48)52-28(4)23-51-45-55-43(49)57-47(59-45)53-31-12-14-32(15-13-31)61-62-33-19-27(3)35-16-26(2)18-40(36(35)20-33)76(72,73)74;/h5-22,28H,23H2,1-4H3,(H7-,51,52,53,54,55,56,57,58,59,60,61,62,63,64,65,66,67,68,69,70,71,72,73,74);/q-2;+2. The van der Waals surface area contributed by atoms with Crippen LogP contribution in [0.5, 0.6) is 5.75 Å². The Morgan fingerprint density at radius 2 is 1.36 bits per heavy atom. The van der Waals surface area contributed by atoms with E-state index >= 15 is 0 Å². The van der Waals surface area contributed by atoms with Crippen molar-refractivity contribution in [1.29, 1.82) is 0 Å². The van der Waals surface area contributed by atoms with Crippen LogP contribution in [0.1, 0.15) is 34.7 Å². The van der Waals surface area contributed by atoms with Gasteiger partial charge >= 0.3 is 29.2 Å². The first kappa shape index (κ1) is 55.9. The molecule has 1 unspecified atom stereocenters. The van der Waals surface area contributed by atoms with Crippen molar-refractivity contribution in [2.75, 3.05) is 27.8 Å². The van der Waals surface area contributed by atoms with Gasteiger partial charge in [0.1, 0.15) is 10.6 Å². The number of benzene rings is 6. The molecule has 7 N–H and O–H groups in total. The maximum Gasteiger partial charge on any atom is 2.00 e. The third-order valence-corrected chi connectivity index (χ3v) is 12.3. The van der Waals surface area contributed by atoms with Gasteiger partial charge in [0.25, 0.3) is 20.2 Å². The van der Waals surface area contributed by atoms with E-state index in [0.29, 0.717) is 39.0 Å². The van der Waals surface area contributed by atoms with Gasteiger partial charge in [0.15, 0.2) is 5.84 Å². The smallest absolute Gasteiger partial charge is 0.571 e. The van der Waals surface area contributed by atoms with E-state index in [0.717, 1.165) is 23.3 Å². The molecule has 2 heterocycles. The van der Waals surface area contributed by atoms with Crippen molar-refractivity contribution < 1.29 is 61.7 Å².